The summed E-state index contributed by atoms with van der Waals surface area (Å²) in [5.74, 6) is -0.813. The first-order valence-electron chi connectivity index (χ1n) is 12.4. The van der Waals surface area contributed by atoms with E-state index in [1.807, 2.05) is 0 Å². The molecule has 0 saturated heterocycles. The monoisotopic (exact) mass is 564 g/mol. The molecule has 0 bridgehead atoms. The molecule has 0 aromatic heterocycles. The first-order chi connectivity index (χ1) is 19.3. The predicted octanol–water partition coefficient (Wildman–Crippen LogP) is 7.26. The van der Waals surface area contributed by atoms with E-state index in [9.17, 15) is 33.0 Å². The Morgan fingerprint density at radius 1 is 0.756 bits per heavy atom. The molecule has 1 atom stereocenters. The Morgan fingerprint density at radius 3 is 1.80 bits per heavy atom. The number of rotatable bonds is 8. The van der Waals surface area contributed by atoms with Gasteiger partial charge in [0.2, 0.25) is 0 Å². The molecule has 4 aromatic carbocycles. The fourth-order valence-corrected chi connectivity index (χ4v) is 4.30. The third-order valence-corrected chi connectivity index (χ3v) is 6.80. The van der Waals surface area contributed by atoms with Crippen LogP contribution >= 0.6 is 0 Å². The maximum absolute atomic E-state index is 14.6. The number of ketones is 1. The number of carbonyl (C=O) groups is 2. The number of halogens is 3. The molecule has 1 amide bonds. The molecule has 4 N–H and O–H groups in total. The van der Waals surface area contributed by atoms with E-state index < -0.39 is 23.2 Å². The van der Waals surface area contributed by atoms with Crippen molar-refractivity contribution in [2.75, 3.05) is 17.7 Å². The van der Waals surface area contributed by atoms with Crippen molar-refractivity contribution in [3.8, 4) is 23.0 Å². The van der Waals surface area contributed by atoms with Gasteiger partial charge in [0.05, 0.1) is 11.4 Å². The second-order valence-corrected chi connectivity index (χ2v) is 9.50. The van der Waals surface area contributed by atoms with Crippen LogP contribution in [0.15, 0.2) is 84.9 Å². The van der Waals surface area contributed by atoms with Gasteiger partial charge in [0, 0.05) is 18.2 Å². The highest BCUT2D eigenvalue weighted by Crippen LogP contribution is 2.48. The van der Waals surface area contributed by atoms with Gasteiger partial charge in [0.25, 0.3) is 5.91 Å². The summed E-state index contributed by atoms with van der Waals surface area (Å²) in [5, 5.41) is 25.5. The van der Waals surface area contributed by atoms with Crippen molar-refractivity contribution in [1.29, 1.82) is 0 Å². The van der Waals surface area contributed by atoms with Gasteiger partial charge in [-0.1, -0.05) is 30.3 Å². The van der Waals surface area contributed by atoms with Crippen LogP contribution in [0.25, 0.3) is 0 Å². The van der Waals surface area contributed by atoms with E-state index in [0.29, 0.717) is 11.3 Å². The lowest BCUT2D eigenvalue weighted by Crippen LogP contribution is -2.40. The van der Waals surface area contributed by atoms with E-state index in [-0.39, 0.29) is 45.3 Å². The molecule has 0 radical (unpaired) electrons. The molecule has 0 aliphatic heterocycles. The number of benzene rings is 4. The number of ether oxygens (including phenoxy) is 1. The van der Waals surface area contributed by atoms with Crippen molar-refractivity contribution in [2.24, 2.45) is 0 Å². The number of Topliss-reactive ketones (excluding diaryl/α,β-unsaturated/α-hetero) is 1. The Kier molecular flexibility index (Phi) is 7.95. The number of carbonyl (C=O) groups excluding carboxylic acids is 2. The molecule has 4 aromatic rings. The minimum absolute atomic E-state index is 0.111. The Balaban J connectivity index is 1.65. The van der Waals surface area contributed by atoms with Crippen LogP contribution in [0.5, 0.6) is 23.0 Å². The SMILES string of the molecule is CNc1cc(C(C)(c2ccc(O)c(NC(=O)c3cccc(Oc4cccc(C(C)=O)c4)c3)c2)C(F)(F)F)ccc1O. The summed E-state index contributed by atoms with van der Waals surface area (Å²) in [7, 11) is 1.47. The summed E-state index contributed by atoms with van der Waals surface area (Å²) >= 11 is 0. The Bertz CT molecular complexity index is 1620. The summed E-state index contributed by atoms with van der Waals surface area (Å²) in [4.78, 5) is 24.7. The second kappa shape index (κ2) is 11.2. The van der Waals surface area contributed by atoms with E-state index in [1.54, 1.807) is 36.4 Å². The highest BCUT2D eigenvalue weighted by Gasteiger charge is 2.53. The van der Waals surface area contributed by atoms with Crippen LogP contribution in [0.4, 0.5) is 24.5 Å². The molecule has 0 spiro atoms. The van der Waals surface area contributed by atoms with Crippen LogP contribution < -0.4 is 15.4 Å². The van der Waals surface area contributed by atoms with E-state index in [2.05, 4.69) is 10.6 Å². The number of hydrogen-bond donors (Lipinski definition) is 4. The number of anilines is 2. The van der Waals surface area contributed by atoms with Crippen LogP contribution in [-0.2, 0) is 5.41 Å². The van der Waals surface area contributed by atoms with Gasteiger partial charge < -0.3 is 25.6 Å². The van der Waals surface area contributed by atoms with Gasteiger partial charge >= 0.3 is 6.18 Å². The summed E-state index contributed by atoms with van der Waals surface area (Å²) in [6.45, 7) is 2.41. The van der Waals surface area contributed by atoms with Gasteiger partial charge in [0.1, 0.15) is 28.4 Å². The van der Waals surface area contributed by atoms with Gasteiger partial charge in [-0.05, 0) is 79.6 Å². The zero-order valence-electron chi connectivity index (χ0n) is 22.3. The smallest absolute Gasteiger partial charge is 0.402 e. The molecule has 1 unspecified atom stereocenters. The lowest BCUT2D eigenvalue weighted by Gasteiger charge is -2.34. The topological polar surface area (TPSA) is 108 Å². The van der Waals surface area contributed by atoms with Crippen molar-refractivity contribution in [3.63, 3.8) is 0 Å². The predicted molar refractivity (Wildman–Crippen MR) is 149 cm³/mol. The number of hydrogen-bond acceptors (Lipinski definition) is 6. The van der Waals surface area contributed by atoms with Crippen LogP contribution in [0.2, 0.25) is 0 Å². The van der Waals surface area contributed by atoms with Gasteiger partial charge in [-0.15, -0.1) is 0 Å². The van der Waals surface area contributed by atoms with Gasteiger partial charge in [-0.3, -0.25) is 9.59 Å². The third kappa shape index (κ3) is 5.96. The molecule has 4 rings (SSSR count). The normalized spacial score (nSPS) is 12.7. The van der Waals surface area contributed by atoms with Crippen molar-refractivity contribution in [3.05, 3.63) is 107 Å². The Morgan fingerprint density at radius 2 is 1.27 bits per heavy atom. The fourth-order valence-electron chi connectivity index (χ4n) is 4.30. The van der Waals surface area contributed by atoms with Gasteiger partial charge in [-0.25, -0.2) is 0 Å². The van der Waals surface area contributed by atoms with Crippen LogP contribution in [-0.4, -0.2) is 35.1 Å². The largest absolute Gasteiger partial charge is 0.506 e. The molecule has 0 saturated carbocycles. The van der Waals surface area contributed by atoms with Crippen molar-refractivity contribution in [1.82, 2.24) is 0 Å². The maximum Gasteiger partial charge on any atom is 0.402 e. The van der Waals surface area contributed by atoms with E-state index >= 15 is 0 Å². The van der Waals surface area contributed by atoms with Crippen molar-refractivity contribution < 1.29 is 37.7 Å². The molecule has 0 fully saturated rings. The van der Waals surface area contributed by atoms with Crippen LogP contribution in [0.3, 0.4) is 0 Å². The highest BCUT2D eigenvalue weighted by atomic mass is 19.4. The van der Waals surface area contributed by atoms with Crippen molar-refractivity contribution in [2.45, 2.75) is 25.4 Å². The standard InChI is InChI=1S/C31H27F3N2O5/c1-18(37)19-6-4-8-23(14-19)41-24-9-5-7-20(15-24)29(40)36-26-17-22(11-13-28(26)39)30(2,31(32,33)34)21-10-12-27(38)25(16-21)35-3/h4-17,35,38-39H,1-3H3,(H,36,40). The quantitative estimate of drug-likeness (QED) is 0.133. The molecule has 0 aliphatic carbocycles. The van der Waals surface area contributed by atoms with E-state index in [4.69, 9.17) is 4.74 Å². The molecule has 212 valence electrons. The second-order valence-electron chi connectivity index (χ2n) is 9.50. The third-order valence-electron chi connectivity index (χ3n) is 6.80. The number of nitrogens with one attached hydrogen (secondary N) is 2. The first-order valence-corrected chi connectivity index (χ1v) is 12.4. The van der Waals surface area contributed by atoms with E-state index in [1.165, 1.54) is 44.3 Å². The van der Waals surface area contributed by atoms with Crippen LogP contribution in [0.1, 0.15) is 45.7 Å². The molecule has 7 nitrogen and oxygen atoms in total. The van der Waals surface area contributed by atoms with Gasteiger partial charge in [0.15, 0.2) is 5.78 Å². The number of phenols is 2. The molecule has 0 aliphatic rings. The number of alkyl halides is 3. The Labute approximate surface area is 234 Å². The minimum Gasteiger partial charge on any atom is -0.506 e. The van der Waals surface area contributed by atoms with Crippen LogP contribution in [0, 0.1) is 0 Å². The summed E-state index contributed by atoms with van der Waals surface area (Å²) in [6, 6.07) is 19.4. The molecule has 0 heterocycles. The average molecular weight is 565 g/mol. The molecule has 41 heavy (non-hydrogen) atoms. The fraction of sp³-hybridized carbons (Fsp3) is 0.161. The summed E-state index contributed by atoms with van der Waals surface area (Å²) in [5.41, 5.74) is -2.50. The van der Waals surface area contributed by atoms with Gasteiger partial charge in [-0.2, -0.15) is 13.2 Å². The molecular formula is C31H27F3N2O5. The average Bonchev–Trinajstić information content (AvgIpc) is 2.93. The lowest BCUT2D eigenvalue weighted by molar-refractivity contribution is -0.173. The van der Waals surface area contributed by atoms with Crippen molar-refractivity contribution >= 4 is 23.1 Å². The maximum atomic E-state index is 14.6. The highest BCUT2D eigenvalue weighted by molar-refractivity contribution is 6.05. The zero-order valence-corrected chi connectivity index (χ0v) is 22.3. The first kappa shape index (κ1) is 29.0. The number of amides is 1. The zero-order chi connectivity index (χ0) is 29.9. The summed E-state index contributed by atoms with van der Waals surface area (Å²) in [6.07, 6.45) is -4.78. The Hall–Kier alpha value is -4.99. The number of phenolic OH excluding ortho intramolecular Hbond substituents is 2. The van der Waals surface area contributed by atoms with E-state index in [0.717, 1.165) is 25.1 Å². The minimum atomic E-state index is -4.78. The summed E-state index contributed by atoms with van der Waals surface area (Å²) < 4.78 is 49.6. The number of aromatic hydroxyl groups is 2. The molecular weight excluding hydrogens is 537 g/mol. The molecule has 10 heteroatoms. The lowest BCUT2D eigenvalue weighted by atomic mass is 9.75.